The van der Waals surface area contributed by atoms with Crippen LogP contribution in [0.5, 0.6) is 0 Å². The van der Waals surface area contributed by atoms with Crippen LogP contribution in [0.25, 0.3) is 0 Å². The zero-order valence-electron chi connectivity index (χ0n) is 9.47. The molecule has 0 fully saturated rings. The predicted molar refractivity (Wildman–Crippen MR) is 68.0 cm³/mol. The van der Waals surface area contributed by atoms with Crippen LogP contribution < -0.4 is 0 Å². The van der Waals surface area contributed by atoms with E-state index in [1.54, 1.807) is 6.07 Å². The Hall–Kier alpha value is -1.90. The van der Waals surface area contributed by atoms with Crippen molar-refractivity contribution in [3.05, 3.63) is 58.9 Å². The van der Waals surface area contributed by atoms with E-state index >= 15 is 0 Å². The van der Waals surface area contributed by atoms with Gasteiger partial charge < -0.3 is 0 Å². The van der Waals surface area contributed by atoms with Crippen molar-refractivity contribution in [2.75, 3.05) is 0 Å². The molecule has 2 aromatic rings. The highest BCUT2D eigenvalue weighted by atomic mass is 35.5. The van der Waals surface area contributed by atoms with Crippen LogP contribution in [-0.4, -0.2) is 8.42 Å². The average Bonchev–Trinajstić information content (AvgIpc) is 2.38. The molecule has 19 heavy (non-hydrogen) atoms. The van der Waals surface area contributed by atoms with E-state index in [1.165, 1.54) is 36.4 Å². The molecule has 0 N–H and O–H groups in total. The molecular formula is C13H7ClFNO2S. The van der Waals surface area contributed by atoms with Gasteiger partial charge in [0.2, 0.25) is 9.84 Å². The smallest absolute Gasteiger partial charge is 0.208 e. The molecule has 2 aromatic carbocycles. The van der Waals surface area contributed by atoms with Crippen molar-refractivity contribution in [2.45, 2.75) is 9.79 Å². The first-order chi connectivity index (χ1) is 8.96. The molecule has 0 aliphatic heterocycles. The lowest BCUT2D eigenvalue weighted by atomic mass is 10.2. The molecule has 0 unspecified atom stereocenters. The van der Waals surface area contributed by atoms with E-state index in [1.807, 2.05) is 0 Å². The third kappa shape index (κ3) is 2.46. The maximum Gasteiger partial charge on any atom is 0.208 e. The van der Waals surface area contributed by atoms with Crippen molar-refractivity contribution < 1.29 is 12.8 Å². The molecule has 96 valence electrons. The lowest BCUT2D eigenvalue weighted by Crippen LogP contribution is -2.05. The number of nitrogens with zero attached hydrogens (tertiary/aromatic N) is 1. The summed E-state index contributed by atoms with van der Waals surface area (Å²) >= 11 is 5.74. The highest BCUT2D eigenvalue weighted by Crippen LogP contribution is 2.26. The topological polar surface area (TPSA) is 57.9 Å². The summed E-state index contributed by atoms with van der Waals surface area (Å²) in [5.74, 6) is -0.870. The van der Waals surface area contributed by atoms with E-state index in [-0.39, 0.29) is 14.8 Å². The Morgan fingerprint density at radius 2 is 1.84 bits per heavy atom. The summed E-state index contributed by atoms with van der Waals surface area (Å²) in [6, 6.07) is 10.6. The standard InChI is InChI=1S/C13H7ClFNO2S/c14-9-3-1-4-10(7-9)19(17,18)13-6-2-5-12(15)11(13)8-16/h1-7H. The second-order valence-corrected chi connectivity index (χ2v) is 6.04. The SMILES string of the molecule is N#Cc1c(F)cccc1S(=O)(=O)c1cccc(Cl)c1. The average molecular weight is 296 g/mol. The molecule has 0 amide bonds. The quantitative estimate of drug-likeness (QED) is 0.855. The maximum absolute atomic E-state index is 13.5. The van der Waals surface area contributed by atoms with Gasteiger partial charge in [-0.15, -0.1) is 0 Å². The second kappa shape index (κ2) is 5.00. The number of hydrogen-bond donors (Lipinski definition) is 0. The van der Waals surface area contributed by atoms with Crippen LogP contribution in [0.4, 0.5) is 4.39 Å². The van der Waals surface area contributed by atoms with Gasteiger partial charge in [-0.1, -0.05) is 23.7 Å². The summed E-state index contributed by atoms with van der Waals surface area (Å²) in [6.45, 7) is 0. The van der Waals surface area contributed by atoms with E-state index in [0.717, 1.165) is 6.07 Å². The van der Waals surface area contributed by atoms with Gasteiger partial charge in [0.05, 0.1) is 9.79 Å². The van der Waals surface area contributed by atoms with Gasteiger partial charge in [0, 0.05) is 5.02 Å². The highest BCUT2D eigenvalue weighted by Gasteiger charge is 2.23. The molecule has 0 atom stereocenters. The van der Waals surface area contributed by atoms with Crippen molar-refractivity contribution in [3.8, 4) is 6.07 Å². The third-order valence-corrected chi connectivity index (χ3v) is 4.51. The van der Waals surface area contributed by atoms with Crippen molar-refractivity contribution in [3.63, 3.8) is 0 Å². The van der Waals surface area contributed by atoms with Gasteiger partial charge in [-0.3, -0.25) is 0 Å². The van der Waals surface area contributed by atoms with Crippen molar-refractivity contribution >= 4 is 21.4 Å². The summed E-state index contributed by atoms with van der Waals surface area (Å²) < 4.78 is 38.1. The lowest BCUT2D eigenvalue weighted by Gasteiger charge is -2.07. The summed E-state index contributed by atoms with van der Waals surface area (Å²) in [7, 11) is -3.97. The van der Waals surface area contributed by atoms with E-state index in [2.05, 4.69) is 0 Å². The fourth-order valence-electron chi connectivity index (χ4n) is 1.60. The van der Waals surface area contributed by atoms with Gasteiger partial charge in [0.1, 0.15) is 17.4 Å². The molecule has 3 nitrogen and oxygen atoms in total. The Morgan fingerprint density at radius 3 is 2.47 bits per heavy atom. The summed E-state index contributed by atoms with van der Waals surface area (Å²) in [5, 5.41) is 9.13. The number of benzene rings is 2. The van der Waals surface area contributed by atoms with Gasteiger partial charge in [0.15, 0.2) is 0 Å². The van der Waals surface area contributed by atoms with Crippen LogP contribution in [0, 0.1) is 17.1 Å². The van der Waals surface area contributed by atoms with E-state index < -0.39 is 21.2 Å². The number of nitriles is 1. The lowest BCUT2D eigenvalue weighted by molar-refractivity contribution is 0.589. The zero-order chi connectivity index (χ0) is 14.0. The molecular weight excluding hydrogens is 289 g/mol. The first kappa shape index (κ1) is 13.5. The molecule has 0 radical (unpaired) electrons. The second-order valence-electron chi connectivity index (χ2n) is 3.69. The molecule has 0 bridgehead atoms. The van der Waals surface area contributed by atoms with Crippen LogP contribution in [0.2, 0.25) is 5.02 Å². The fraction of sp³-hybridized carbons (Fsp3) is 0. The van der Waals surface area contributed by atoms with Gasteiger partial charge >= 0.3 is 0 Å². The first-order valence-electron chi connectivity index (χ1n) is 5.16. The van der Waals surface area contributed by atoms with Gasteiger partial charge in [-0.2, -0.15) is 5.26 Å². The molecule has 0 aromatic heterocycles. The fourth-order valence-corrected chi connectivity index (χ4v) is 3.32. The number of rotatable bonds is 2. The largest absolute Gasteiger partial charge is 0.218 e. The molecule has 0 saturated heterocycles. The van der Waals surface area contributed by atoms with E-state index in [9.17, 15) is 12.8 Å². The summed E-state index contributed by atoms with van der Waals surface area (Å²) in [6.07, 6.45) is 0. The predicted octanol–water partition coefficient (Wildman–Crippen LogP) is 3.18. The van der Waals surface area contributed by atoms with Crippen molar-refractivity contribution in [1.29, 1.82) is 5.26 Å². The minimum Gasteiger partial charge on any atom is -0.218 e. The van der Waals surface area contributed by atoms with Crippen LogP contribution in [-0.2, 0) is 9.84 Å². The summed E-state index contributed by atoms with van der Waals surface area (Å²) in [4.78, 5) is -0.445. The Labute approximate surface area is 114 Å². The Kier molecular flexibility index (Phi) is 3.56. The Balaban J connectivity index is 2.72. The first-order valence-corrected chi connectivity index (χ1v) is 7.02. The minimum absolute atomic E-state index is 0.0814. The molecule has 0 spiro atoms. The molecule has 0 aliphatic carbocycles. The maximum atomic E-state index is 13.5. The highest BCUT2D eigenvalue weighted by molar-refractivity contribution is 7.91. The monoisotopic (exact) mass is 295 g/mol. The molecule has 6 heteroatoms. The minimum atomic E-state index is -3.97. The molecule has 0 saturated carbocycles. The van der Waals surface area contributed by atoms with Gasteiger partial charge in [0.25, 0.3) is 0 Å². The van der Waals surface area contributed by atoms with Gasteiger partial charge in [-0.05, 0) is 30.3 Å². The zero-order valence-corrected chi connectivity index (χ0v) is 11.0. The van der Waals surface area contributed by atoms with Crippen molar-refractivity contribution in [1.82, 2.24) is 0 Å². The number of sulfone groups is 1. The van der Waals surface area contributed by atoms with Crippen LogP contribution >= 0.6 is 11.6 Å². The van der Waals surface area contributed by atoms with Crippen LogP contribution in [0.15, 0.2) is 52.3 Å². The molecule has 0 heterocycles. The number of hydrogen-bond acceptors (Lipinski definition) is 3. The van der Waals surface area contributed by atoms with Crippen LogP contribution in [0.1, 0.15) is 5.56 Å². The third-order valence-electron chi connectivity index (χ3n) is 2.48. The van der Waals surface area contributed by atoms with E-state index in [0.29, 0.717) is 0 Å². The van der Waals surface area contributed by atoms with Crippen LogP contribution in [0.3, 0.4) is 0 Å². The summed E-state index contributed by atoms with van der Waals surface area (Å²) in [5.41, 5.74) is -0.498. The number of halogens is 2. The van der Waals surface area contributed by atoms with Crippen molar-refractivity contribution in [2.24, 2.45) is 0 Å². The molecule has 0 aliphatic rings. The van der Waals surface area contributed by atoms with Gasteiger partial charge in [-0.25, -0.2) is 12.8 Å². The molecule has 2 rings (SSSR count). The Morgan fingerprint density at radius 1 is 1.16 bits per heavy atom. The normalized spacial score (nSPS) is 11.0. The van der Waals surface area contributed by atoms with E-state index in [4.69, 9.17) is 16.9 Å². The Bertz CT molecular complexity index is 781.